The zero-order valence-electron chi connectivity index (χ0n) is 11.5. The van der Waals surface area contributed by atoms with Crippen LogP contribution in [0.15, 0.2) is 17.2 Å². The highest BCUT2D eigenvalue weighted by Gasteiger charge is 2.17. The predicted octanol–water partition coefficient (Wildman–Crippen LogP) is 1.90. The number of hydrogen-bond donors (Lipinski definition) is 2. The van der Waals surface area contributed by atoms with Crippen LogP contribution < -0.4 is 10.0 Å². The summed E-state index contributed by atoms with van der Waals surface area (Å²) in [6.07, 6.45) is 1.38. The third kappa shape index (κ3) is 3.96. The molecule has 0 aliphatic rings. The quantitative estimate of drug-likeness (QED) is 0.858. The van der Waals surface area contributed by atoms with Gasteiger partial charge in [-0.25, -0.2) is 18.1 Å². The minimum Gasteiger partial charge on any atom is -0.368 e. The number of anilines is 1. The lowest BCUT2D eigenvalue weighted by molar-refractivity contribution is 0.569. The number of nitrogens with zero attached hydrogens (tertiary/aromatic N) is 1. The highest BCUT2D eigenvalue weighted by Crippen LogP contribution is 2.17. The Morgan fingerprint density at radius 2 is 1.78 bits per heavy atom. The fourth-order valence-electron chi connectivity index (χ4n) is 1.50. The zero-order valence-corrected chi connectivity index (χ0v) is 12.3. The average Bonchev–Trinajstić information content (AvgIpc) is 2.18. The van der Waals surface area contributed by atoms with Gasteiger partial charge in [0.1, 0.15) is 10.7 Å². The summed E-state index contributed by atoms with van der Waals surface area (Å²) in [6.45, 7) is 9.42. The van der Waals surface area contributed by atoms with Gasteiger partial charge in [0.05, 0.1) is 0 Å². The summed E-state index contributed by atoms with van der Waals surface area (Å²) in [5.74, 6) is 0.716. The van der Waals surface area contributed by atoms with Crippen molar-refractivity contribution in [2.24, 2.45) is 0 Å². The Labute approximate surface area is 109 Å². The van der Waals surface area contributed by atoms with Crippen molar-refractivity contribution in [3.63, 3.8) is 0 Å². The lowest BCUT2D eigenvalue weighted by Crippen LogP contribution is -2.30. The fraction of sp³-hybridized carbons (Fsp3) is 0.583. The number of aromatic nitrogens is 1. The van der Waals surface area contributed by atoms with Gasteiger partial charge in [-0.3, -0.25) is 0 Å². The van der Waals surface area contributed by atoms with E-state index in [4.69, 9.17) is 0 Å². The second-order valence-electron chi connectivity index (χ2n) is 4.91. The lowest BCUT2D eigenvalue weighted by Gasteiger charge is -2.14. The van der Waals surface area contributed by atoms with E-state index in [0.717, 1.165) is 5.56 Å². The maximum atomic E-state index is 12.0. The summed E-state index contributed by atoms with van der Waals surface area (Å²) in [7, 11) is -3.47. The molecular formula is C12H21N3O2S. The first-order valence-corrected chi connectivity index (χ1v) is 7.46. The summed E-state index contributed by atoms with van der Waals surface area (Å²) in [4.78, 5) is 4.36. The summed E-state index contributed by atoms with van der Waals surface area (Å²) >= 11 is 0. The number of nitrogens with one attached hydrogen (secondary N) is 2. The molecule has 0 bridgehead atoms. The van der Waals surface area contributed by atoms with Crippen molar-refractivity contribution in [2.45, 2.75) is 51.6 Å². The van der Waals surface area contributed by atoms with E-state index >= 15 is 0 Å². The van der Waals surface area contributed by atoms with E-state index in [9.17, 15) is 8.42 Å². The highest BCUT2D eigenvalue weighted by molar-refractivity contribution is 7.89. The maximum absolute atomic E-state index is 12.0. The molecule has 2 N–H and O–H groups in total. The topological polar surface area (TPSA) is 71.1 Å². The second-order valence-corrected chi connectivity index (χ2v) is 6.63. The molecule has 0 aromatic carbocycles. The van der Waals surface area contributed by atoms with Crippen LogP contribution in [0.2, 0.25) is 0 Å². The normalized spacial score (nSPS) is 12.2. The summed E-state index contributed by atoms with van der Waals surface area (Å²) in [5, 5.41) is 3.17. The molecule has 0 amide bonds. The molecule has 5 nitrogen and oxygen atoms in total. The lowest BCUT2D eigenvalue weighted by atomic mass is 10.2. The van der Waals surface area contributed by atoms with E-state index in [-0.39, 0.29) is 17.0 Å². The molecule has 0 fully saturated rings. The van der Waals surface area contributed by atoms with Gasteiger partial charge in [0.25, 0.3) is 0 Å². The van der Waals surface area contributed by atoms with Crippen molar-refractivity contribution in [2.75, 3.05) is 5.32 Å². The summed E-state index contributed by atoms with van der Waals surface area (Å²) < 4.78 is 26.4. The van der Waals surface area contributed by atoms with Crippen LogP contribution in [-0.4, -0.2) is 25.5 Å². The van der Waals surface area contributed by atoms with Crippen LogP contribution in [0.3, 0.4) is 0 Å². The Hall–Kier alpha value is -1.14. The minimum absolute atomic E-state index is 0.135. The summed E-state index contributed by atoms with van der Waals surface area (Å²) in [6, 6.07) is 1.75. The zero-order chi connectivity index (χ0) is 13.9. The molecule has 0 saturated carbocycles. The molecule has 1 rings (SSSR count). The molecule has 1 aromatic heterocycles. The van der Waals surface area contributed by atoms with Crippen molar-refractivity contribution in [3.05, 3.63) is 17.8 Å². The molecule has 1 aromatic rings. The van der Waals surface area contributed by atoms with Gasteiger partial charge in [-0.1, -0.05) is 0 Å². The van der Waals surface area contributed by atoms with Crippen molar-refractivity contribution in [3.8, 4) is 0 Å². The molecule has 18 heavy (non-hydrogen) atoms. The van der Waals surface area contributed by atoms with Gasteiger partial charge in [0.15, 0.2) is 0 Å². The van der Waals surface area contributed by atoms with Crippen LogP contribution >= 0.6 is 0 Å². The molecule has 1 heterocycles. The SMILES string of the molecule is Cc1cc(S(=O)(=O)NC(C)C)cnc1NC(C)C. The Morgan fingerprint density at radius 1 is 1.17 bits per heavy atom. The molecule has 0 radical (unpaired) electrons. The van der Waals surface area contributed by atoms with Crippen molar-refractivity contribution >= 4 is 15.8 Å². The van der Waals surface area contributed by atoms with E-state index in [0.29, 0.717) is 5.82 Å². The van der Waals surface area contributed by atoms with E-state index < -0.39 is 10.0 Å². The van der Waals surface area contributed by atoms with Crippen LogP contribution in [-0.2, 0) is 10.0 Å². The van der Waals surface area contributed by atoms with Gasteiger partial charge in [-0.2, -0.15) is 0 Å². The molecule has 0 saturated heterocycles. The molecule has 6 heteroatoms. The van der Waals surface area contributed by atoms with E-state index in [1.807, 2.05) is 20.8 Å². The molecule has 102 valence electrons. The number of hydrogen-bond acceptors (Lipinski definition) is 4. The Balaban J connectivity index is 3.04. The highest BCUT2D eigenvalue weighted by atomic mass is 32.2. The van der Waals surface area contributed by atoms with Gasteiger partial charge in [0.2, 0.25) is 10.0 Å². The van der Waals surface area contributed by atoms with E-state index in [1.54, 1.807) is 19.9 Å². The van der Waals surface area contributed by atoms with Crippen molar-refractivity contribution in [1.29, 1.82) is 0 Å². The van der Waals surface area contributed by atoms with Crippen LogP contribution in [0.4, 0.5) is 5.82 Å². The predicted molar refractivity (Wildman–Crippen MR) is 73.2 cm³/mol. The number of sulfonamides is 1. The first-order valence-electron chi connectivity index (χ1n) is 5.98. The van der Waals surface area contributed by atoms with Gasteiger partial charge in [0, 0.05) is 18.3 Å². The second kappa shape index (κ2) is 5.67. The Morgan fingerprint density at radius 3 is 2.22 bits per heavy atom. The van der Waals surface area contributed by atoms with Gasteiger partial charge in [-0.15, -0.1) is 0 Å². The van der Waals surface area contributed by atoms with Crippen molar-refractivity contribution < 1.29 is 8.42 Å². The number of rotatable bonds is 5. The summed E-state index contributed by atoms with van der Waals surface area (Å²) in [5.41, 5.74) is 0.815. The Bertz CT molecular complexity index is 510. The van der Waals surface area contributed by atoms with E-state index in [1.165, 1.54) is 6.20 Å². The molecule has 0 unspecified atom stereocenters. The minimum atomic E-state index is -3.47. The number of aryl methyl sites for hydroxylation is 1. The Kier molecular flexibility index (Phi) is 4.70. The largest absolute Gasteiger partial charge is 0.368 e. The standard InChI is InChI=1S/C12H21N3O2S/c1-8(2)14-12-10(5)6-11(7-13-12)18(16,17)15-9(3)4/h6-9,15H,1-5H3,(H,13,14). The van der Waals surface area contributed by atoms with Crippen LogP contribution in [0.5, 0.6) is 0 Å². The molecule has 0 aliphatic heterocycles. The monoisotopic (exact) mass is 271 g/mol. The third-order valence-corrected chi connectivity index (χ3v) is 3.81. The average molecular weight is 271 g/mol. The van der Waals surface area contributed by atoms with E-state index in [2.05, 4.69) is 15.0 Å². The smallest absolute Gasteiger partial charge is 0.242 e. The molecule has 0 aliphatic carbocycles. The first-order chi connectivity index (χ1) is 8.22. The fourth-order valence-corrected chi connectivity index (χ4v) is 2.78. The van der Waals surface area contributed by atoms with Gasteiger partial charge in [-0.05, 0) is 46.2 Å². The molecular weight excluding hydrogens is 250 g/mol. The van der Waals surface area contributed by atoms with Crippen LogP contribution in [0.1, 0.15) is 33.3 Å². The molecule has 0 spiro atoms. The van der Waals surface area contributed by atoms with Gasteiger partial charge >= 0.3 is 0 Å². The number of pyridine rings is 1. The van der Waals surface area contributed by atoms with Crippen LogP contribution in [0.25, 0.3) is 0 Å². The van der Waals surface area contributed by atoms with Crippen molar-refractivity contribution in [1.82, 2.24) is 9.71 Å². The first kappa shape index (κ1) is 14.9. The van der Waals surface area contributed by atoms with Crippen LogP contribution in [0, 0.1) is 6.92 Å². The maximum Gasteiger partial charge on any atom is 0.242 e. The third-order valence-electron chi connectivity index (χ3n) is 2.18. The molecule has 0 atom stereocenters. The van der Waals surface area contributed by atoms with Gasteiger partial charge < -0.3 is 5.32 Å².